The van der Waals surface area contributed by atoms with Crippen LogP contribution in [-0.4, -0.2) is 12.0 Å². The number of allylic oxidation sites excluding steroid dienone is 2. The van der Waals surface area contributed by atoms with Gasteiger partial charge in [0.25, 0.3) is 0 Å². The fourth-order valence-electron chi connectivity index (χ4n) is 1.78. The lowest BCUT2D eigenvalue weighted by Gasteiger charge is -2.32. The molecule has 2 heteroatoms. The summed E-state index contributed by atoms with van der Waals surface area (Å²) >= 11 is 0. The van der Waals surface area contributed by atoms with E-state index < -0.39 is 0 Å². The number of ketones is 1. The third kappa shape index (κ3) is 2.77. The third-order valence-electron chi connectivity index (χ3n) is 2.59. The summed E-state index contributed by atoms with van der Waals surface area (Å²) in [6.45, 7) is 12.8. The summed E-state index contributed by atoms with van der Waals surface area (Å²) in [7, 11) is 0. The second-order valence-electron chi connectivity index (χ2n) is 6.23. The third-order valence-corrected chi connectivity index (χ3v) is 2.59. The predicted octanol–water partition coefficient (Wildman–Crippen LogP) is 3.38. The Morgan fingerprint density at radius 3 is 2.00 bits per heavy atom. The highest BCUT2D eigenvalue weighted by molar-refractivity contribution is 6.29. The number of carbonyl (C=O) groups excluding carboxylic acids is 1. The van der Waals surface area contributed by atoms with Crippen LogP contribution in [0.15, 0.2) is 16.3 Å². The molecule has 0 saturated heterocycles. The number of rotatable bonds is 0. The van der Waals surface area contributed by atoms with Crippen LogP contribution in [0.2, 0.25) is 0 Å². The molecule has 2 nitrogen and oxygen atoms in total. The van der Waals surface area contributed by atoms with Crippen molar-refractivity contribution in [3.05, 3.63) is 11.3 Å². The summed E-state index contributed by atoms with van der Waals surface area (Å²) in [6, 6.07) is 0. The quantitative estimate of drug-likeness (QED) is 0.598. The number of Topliss-reactive ketones (excluding diaryl/α,β-unsaturated/α-hetero) is 1. The van der Waals surface area contributed by atoms with E-state index in [1.54, 1.807) is 0 Å². The van der Waals surface area contributed by atoms with Crippen molar-refractivity contribution in [2.75, 3.05) is 0 Å². The second kappa shape index (κ2) is 3.58. The van der Waals surface area contributed by atoms with E-state index in [-0.39, 0.29) is 16.6 Å². The molecule has 0 radical (unpaired) electrons. The molecule has 15 heavy (non-hydrogen) atoms. The molecule has 0 aliphatic carbocycles. The molecular weight excluding hydrogens is 186 g/mol. The molecule has 0 aromatic carbocycles. The molecule has 0 spiro atoms. The normalized spacial score (nSPS) is 18.7. The van der Waals surface area contributed by atoms with E-state index in [0.717, 1.165) is 5.70 Å². The van der Waals surface area contributed by atoms with Crippen molar-refractivity contribution in [3.63, 3.8) is 0 Å². The average molecular weight is 207 g/mol. The lowest BCUT2D eigenvalue weighted by Crippen LogP contribution is -2.24. The second-order valence-corrected chi connectivity index (χ2v) is 6.23. The first-order valence-electron chi connectivity index (χ1n) is 5.43. The Hall–Kier alpha value is -0.920. The Morgan fingerprint density at radius 1 is 1.07 bits per heavy atom. The van der Waals surface area contributed by atoms with Gasteiger partial charge in [-0.05, 0) is 11.0 Å². The van der Waals surface area contributed by atoms with Crippen LogP contribution >= 0.6 is 0 Å². The van der Waals surface area contributed by atoms with Gasteiger partial charge in [-0.15, -0.1) is 0 Å². The summed E-state index contributed by atoms with van der Waals surface area (Å²) in [4.78, 5) is 15.7. The molecule has 1 rings (SSSR count). The predicted molar refractivity (Wildman–Crippen MR) is 64.1 cm³/mol. The molecule has 1 heterocycles. The molecular formula is C13H21NO. The molecule has 0 unspecified atom stereocenters. The number of hydrogen-bond acceptors (Lipinski definition) is 2. The van der Waals surface area contributed by atoms with Gasteiger partial charge in [-0.2, -0.15) is 0 Å². The van der Waals surface area contributed by atoms with E-state index in [1.807, 2.05) is 0 Å². The van der Waals surface area contributed by atoms with Crippen LogP contribution in [0.25, 0.3) is 0 Å². The monoisotopic (exact) mass is 207 g/mol. The van der Waals surface area contributed by atoms with Crippen molar-refractivity contribution in [2.45, 2.75) is 48.0 Å². The molecule has 0 saturated carbocycles. The van der Waals surface area contributed by atoms with Crippen molar-refractivity contribution < 1.29 is 4.79 Å². The maximum absolute atomic E-state index is 11.4. The lowest BCUT2D eigenvalue weighted by atomic mass is 9.76. The zero-order valence-corrected chi connectivity index (χ0v) is 10.6. The summed E-state index contributed by atoms with van der Waals surface area (Å²) in [5.74, 6) is 0.118. The van der Waals surface area contributed by atoms with Gasteiger partial charge in [0.1, 0.15) is 0 Å². The highest BCUT2D eigenvalue weighted by Gasteiger charge is 2.30. The Morgan fingerprint density at radius 2 is 1.60 bits per heavy atom. The van der Waals surface area contributed by atoms with E-state index in [1.165, 1.54) is 11.8 Å². The maximum atomic E-state index is 11.4. The molecule has 0 bridgehead atoms. The van der Waals surface area contributed by atoms with Crippen molar-refractivity contribution in [2.24, 2.45) is 15.8 Å². The van der Waals surface area contributed by atoms with Gasteiger partial charge >= 0.3 is 0 Å². The van der Waals surface area contributed by atoms with Crippen molar-refractivity contribution in [1.82, 2.24) is 0 Å². The largest absolute Gasteiger partial charge is 0.293 e. The standard InChI is InChI=1S/C13H21NO/c1-12(2,3)10-7-9(15)8-14-11(10)13(4,5)6/h8H,7H2,1-6H3. The van der Waals surface area contributed by atoms with Gasteiger partial charge in [-0.25, -0.2) is 0 Å². The van der Waals surface area contributed by atoms with Gasteiger partial charge in [-0.3, -0.25) is 9.79 Å². The van der Waals surface area contributed by atoms with E-state index in [4.69, 9.17) is 0 Å². The molecule has 84 valence electrons. The van der Waals surface area contributed by atoms with Crippen LogP contribution in [-0.2, 0) is 4.79 Å². The number of hydrogen-bond donors (Lipinski definition) is 0. The number of carbonyl (C=O) groups is 1. The van der Waals surface area contributed by atoms with E-state index in [9.17, 15) is 4.79 Å². The summed E-state index contributed by atoms with van der Waals surface area (Å²) in [5, 5.41) is 0. The topological polar surface area (TPSA) is 29.4 Å². The maximum Gasteiger partial charge on any atom is 0.177 e. The van der Waals surface area contributed by atoms with Crippen molar-refractivity contribution >= 4 is 12.0 Å². The smallest absolute Gasteiger partial charge is 0.177 e. The van der Waals surface area contributed by atoms with Crippen LogP contribution in [0.5, 0.6) is 0 Å². The first-order valence-corrected chi connectivity index (χ1v) is 5.43. The van der Waals surface area contributed by atoms with Gasteiger partial charge in [-0.1, -0.05) is 41.5 Å². The zero-order chi connectivity index (χ0) is 11.9. The van der Waals surface area contributed by atoms with E-state index in [2.05, 4.69) is 46.5 Å². The van der Waals surface area contributed by atoms with Gasteiger partial charge in [0.05, 0.1) is 6.21 Å². The first kappa shape index (κ1) is 12.2. The van der Waals surface area contributed by atoms with Crippen LogP contribution in [0.1, 0.15) is 48.0 Å². The molecule has 0 amide bonds. The number of nitrogens with zero attached hydrogens (tertiary/aromatic N) is 1. The van der Waals surface area contributed by atoms with Gasteiger partial charge < -0.3 is 0 Å². The lowest BCUT2D eigenvalue weighted by molar-refractivity contribution is -0.112. The minimum atomic E-state index is 0.0137. The Bertz CT molecular complexity index is 335. The van der Waals surface area contributed by atoms with Crippen LogP contribution in [0.3, 0.4) is 0 Å². The molecule has 0 aromatic heterocycles. The summed E-state index contributed by atoms with van der Waals surface area (Å²) in [5.41, 5.74) is 2.30. The highest BCUT2D eigenvalue weighted by atomic mass is 16.1. The SMILES string of the molecule is CC(C)(C)C1=C(C(C)(C)C)N=CC(=O)C1. The molecule has 0 atom stereocenters. The molecule has 1 aliphatic heterocycles. The average Bonchev–Trinajstić information content (AvgIpc) is 2.00. The van der Waals surface area contributed by atoms with Crippen molar-refractivity contribution in [1.29, 1.82) is 0 Å². The van der Waals surface area contributed by atoms with Gasteiger partial charge in [0.2, 0.25) is 0 Å². The fraction of sp³-hybridized carbons (Fsp3) is 0.692. The molecule has 0 N–H and O–H groups in total. The van der Waals surface area contributed by atoms with Gasteiger partial charge in [0, 0.05) is 17.5 Å². The van der Waals surface area contributed by atoms with Crippen LogP contribution < -0.4 is 0 Å². The zero-order valence-electron chi connectivity index (χ0n) is 10.6. The van der Waals surface area contributed by atoms with Gasteiger partial charge in [0.15, 0.2) is 5.78 Å². The van der Waals surface area contributed by atoms with Crippen LogP contribution in [0, 0.1) is 10.8 Å². The molecule has 0 aromatic rings. The first-order chi connectivity index (χ1) is 6.62. The van der Waals surface area contributed by atoms with Crippen molar-refractivity contribution in [3.8, 4) is 0 Å². The molecule has 0 fully saturated rings. The Balaban J connectivity index is 3.27. The minimum absolute atomic E-state index is 0.0137. The number of aliphatic imine (C=N–C) groups is 1. The van der Waals surface area contributed by atoms with E-state index in [0.29, 0.717) is 6.42 Å². The Labute approximate surface area is 92.5 Å². The highest BCUT2D eigenvalue weighted by Crippen LogP contribution is 2.40. The Kier molecular flexibility index (Phi) is 2.90. The molecule has 1 aliphatic rings. The minimum Gasteiger partial charge on any atom is -0.293 e. The van der Waals surface area contributed by atoms with E-state index >= 15 is 0 Å². The summed E-state index contributed by atoms with van der Waals surface area (Å²) in [6.07, 6.45) is 2.00. The summed E-state index contributed by atoms with van der Waals surface area (Å²) < 4.78 is 0. The van der Waals surface area contributed by atoms with Crippen LogP contribution in [0.4, 0.5) is 0 Å². The fourth-order valence-corrected chi connectivity index (χ4v) is 1.78.